The molecule has 0 amide bonds. The van der Waals surface area contributed by atoms with Crippen LogP contribution in [0.3, 0.4) is 0 Å². The van der Waals surface area contributed by atoms with Crippen LogP contribution in [-0.4, -0.2) is 32.4 Å². The van der Waals surface area contributed by atoms with Gasteiger partial charge >= 0.3 is 5.97 Å². The predicted octanol–water partition coefficient (Wildman–Crippen LogP) is 2.54. The van der Waals surface area contributed by atoms with Gasteiger partial charge in [0.15, 0.2) is 0 Å². The Morgan fingerprint density at radius 3 is 2.81 bits per heavy atom. The van der Waals surface area contributed by atoms with Crippen molar-refractivity contribution in [3.63, 3.8) is 0 Å². The van der Waals surface area contributed by atoms with Crippen molar-refractivity contribution in [2.75, 3.05) is 0 Å². The highest BCUT2D eigenvalue weighted by Crippen LogP contribution is 2.28. The Hall–Kier alpha value is -3.22. The molecule has 1 aliphatic carbocycles. The van der Waals surface area contributed by atoms with Gasteiger partial charge in [-0.05, 0) is 49.6 Å². The Morgan fingerprint density at radius 1 is 1.23 bits per heavy atom. The number of nitrogens with one attached hydrogen (secondary N) is 1. The van der Waals surface area contributed by atoms with E-state index in [-0.39, 0.29) is 17.2 Å². The normalized spacial score (nSPS) is 14.2. The number of benzene rings is 1. The van der Waals surface area contributed by atoms with Gasteiger partial charge < -0.3 is 9.84 Å². The van der Waals surface area contributed by atoms with Crippen LogP contribution in [0.4, 0.5) is 0 Å². The molecule has 3 aromatic rings. The Morgan fingerprint density at radius 2 is 2.08 bits per heavy atom. The first kappa shape index (κ1) is 16.3. The number of nitrogens with zero attached hydrogens (tertiary/aromatic N) is 2. The third-order valence-electron chi connectivity index (χ3n) is 4.61. The Bertz CT molecular complexity index is 1040. The van der Waals surface area contributed by atoms with E-state index in [0.29, 0.717) is 34.3 Å². The number of aromatic amines is 1. The van der Waals surface area contributed by atoms with Gasteiger partial charge in [-0.2, -0.15) is 5.10 Å². The summed E-state index contributed by atoms with van der Waals surface area (Å²) in [5.74, 6) is -0.299. The molecule has 26 heavy (non-hydrogen) atoms. The van der Waals surface area contributed by atoms with Crippen molar-refractivity contribution in [3.05, 3.63) is 63.8 Å². The van der Waals surface area contributed by atoms with Gasteiger partial charge in [0, 0.05) is 23.7 Å². The van der Waals surface area contributed by atoms with E-state index in [2.05, 4.69) is 15.2 Å². The topological polar surface area (TPSA) is 105 Å². The molecule has 0 spiro atoms. The van der Waals surface area contributed by atoms with Gasteiger partial charge in [-0.3, -0.25) is 9.78 Å². The lowest BCUT2D eigenvalue weighted by atomic mass is 9.96. The van der Waals surface area contributed by atoms with Gasteiger partial charge in [0.2, 0.25) is 0 Å². The first-order chi connectivity index (χ1) is 12.6. The van der Waals surface area contributed by atoms with Crippen LogP contribution < -0.4 is 10.3 Å². The fraction of sp³-hybridized carbons (Fsp3) is 0.263. The van der Waals surface area contributed by atoms with Gasteiger partial charge in [0.25, 0.3) is 5.56 Å². The maximum Gasteiger partial charge on any atom is 0.335 e. The molecule has 7 heteroatoms. The molecule has 132 valence electrons. The number of rotatable bonds is 5. The number of hydrogen-bond acceptors (Lipinski definition) is 5. The number of hydrogen-bond donors (Lipinski definition) is 2. The quantitative estimate of drug-likeness (QED) is 0.732. The summed E-state index contributed by atoms with van der Waals surface area (Å²) >= 11 is 0. The van der Waals surface area contributed by atoms with Crippen LogP contribution in [-0.2, 0) is 6.42 Å². The number of pyridine rings is 1. The Labute approximate surface area is 148 Å². The summed E-state index contributed by atoms with van der Waals surface area (Å²) in [6.07, 6.45) is 5.27. The SMILES string of the molecule is O=C(O)c1ccnc(Cc2n[nH]c(=O)c3ccc(OC4CCC4)cc23)c1. The summed E-state index contributed by atoms with van der Waals surface area (Å²) in [4.78, 5) is 27.4. The van der Waals surface area contributed by atoms with Crippen molar-refractivity contribution in [2.24, 2.45) is 0 Å². The number of fused-ring (bicyclic) bond motifs is 1. The number of aromatic carboxylic acids is 1. The summed E-state index contributed by atoms with van der Waals surface area (Å²) in [6.45, 7) is 0. The highest BCUT2D eigenvalue weighted by atomic mass is 16.5. The van der Waals surface area contributed by atoms with Crippen LogP contribution in [0.15, 0.2) is 41.3 Å². The number of carboxylic acids is 1. The van der Waals surface area contributed by atoms with Crippen molar-refractivity contribution >= 4 is 16.7 Å². The number of carbonyl (C=O) groups is 1. The smallest absolute Gasteiger partial charge is 0.335 e. The minimum atomic E-state index is -1.01. The van der Waals surface area contributed by atoms with E-state index in [9.17, 15) is 9.59 Å². The highest BCUT2D eigenvalue weighted by Gasteiger charge is 2.19. The third-order valence-corrected chi connectivity index (χ3v) is 4.61. The van der Waals surface area contributed by atoms with Crippen molar-refractivity contribution in [3.8, 4) is 5.75 Å². The van der Waals surface area contributed by atoms with E-state index < -0.39 is 5.97 Å². The minimum Gasteiger partial charge on any atom is -0.490 e. The lowest BCUT2D eigenvalue weighted by Gasteiger charge is -2.26. The van der Waals surface area contributed by atoms with Crippen LogP contribution in [0.2, 0.25) is 0 Å². The standard InChI is InChI=1S/C19H17N3O4/c23-18-15-5-4-14(26-13-2-1-3-13)10-16(15)17(21-22-18)9-12-8-11(19(24)25)6-7-20-12/h4-8,10,13H,1-3,9H2,(H,22,23)(H,24,25). The third kappa shape index (κ3) is 3.15. The zero-order chi connectivity index (χ0) is 18.1. The molecule has 0 unspecified atom stereocenters. The molecule has 1 fully saturated rings. The fourth-order valence-corrected chi connectivity index (χ4v) is 2.97. The van der Waals surface area contributed by atoms with Crippen molar-refractivity contribution in [2.45, 2.75) is 31.8 Å². The second-order valence-corrected chi connectivity index (χ2v) is 6.40. The van der Waals surface area contributed by atoms with E-state index in [1.165, 1.54) is 24.8 Å². The summed E-state index contributed by atoms with van der Waals surface area (Å²) in [5.41, 5.74) is 1.08. The Balaban J connectivity index is 1.72. The first-order valence-corrected chi connectivity index (χ1v) is 8.46. The summed E-state index contributed by atoms with van der Waals surface area (Å²) in [6, 6.07) is 8.30. The number of H-pyrrole nitrogens is 1. The van der Waals surface area contributed by atoms with Gasteiger partial charge in [-0.15, -0.1) is 0 Å². The molecule has 1 aromatic carbocycles. The molecule has 0 saturated heterocycles. The maximum absolute atomic E-state index is 12.1. The van der Waals surface area contributed by atoms with Gasteiger partial charge in [0.05, 0.1) is 22.7 Å². The van der Waals surface area contributed by atoms with Gasteiger partial charge in [-0.25, -0.2) is 9.89 Å². The molecular weight excluding hydrogens is 334 g/mol. The van der Waals surface area contributed by atoms with Gasteiger partial charge in [-0.1, -0.05) is 0 Å². The van der Waals surface area contributed by atoms with E-state index >= 15 is 0 Å². The molecule has 2 heterocycles. The zero-order valence-corrected chi connectivity index (χ0v) is 13.9. The zero-order valence-electron chi connectivity index (χ0n) is 13.9. The molecule has 0 bridgehead atoms. The second kappa shape index (κ2) is 6.59. The fourth-order valence-electron chi connectivity index (χ4n) is 2.97. The molecule has 1 aliphatic rings. The molecule has 0 atom stereocenters. The van der Waals surface area contributed by atoms with Crippen LogP contribution in [0, 0.1) is 0 Å². The molecule has 2 N–H and O–H groups in total. The van der Waals surface area contributed by atoms with Crippen molar-refractivity contribution < 1.29 is 14.6 Å². The lowest BCUT2D eigenvalue weighted by Crippen LogP contribution is -2.24. The van der Waals surface area contributed by atoms with Gasteiger partial charge in [0.1, 0.15) is 5.75 Å². The molecular formula is C19H17N3O4. The second-order valence-electron chi connectivity index (χ2n) is 6.40. The molecule has 2 aromatic heterocycles. The number of aromatic nitrogens is 3. The molecule has 0 radical (unpaired) electrons. The van der Waals surface area contributed by atoms with Crippen LogP contribution in [0.25, 0.3) is 10.8 Å². The van der Waals surface area contributed by atoms with Crippen LogP contribution in [0.5, 0.6) is 5.75 Å². The summed E-state index contributed by atoms with van der Waals surface area (Å²) in [5, 5.41) is 17.0. The first-order valence-electron chi connectivity index (χ1n) is 8.46. The maximum atomic E-state index is 12.1. The Kier molecular flexibility index (Phi) is 4.12. The molecule has 4 rings (SSSR count). The van der Waals surface area contributed by atoms with Crippen molar-refractivity contribution in [1.29, 1.82) is 0 Å². The largest absolute Gasteiger partial charge is 0.490 e. The van der Waals surface area contributed by atoms with E-state index in [4.69, 9.17) is 9.84 Å². The van der Waals surface area contributed by atoms with Crippen molar-refractivity contribution in [1.82, 2.24) is 15.2 Å². The molecule has 7 nitrogen and oxygen atoms in total. The monoisotopic (exact) mass is 351 g/mol. The average molecular weight is 351 g/mol. The molecule has 1 saturated carbocycles. The number of carboxylic acid groups (broad SMARTS) is 1. The summed E-state index contributed by atoms with van der Waals surface area (Å²) < 4.78 is 5.92. The summed E-state index contributed by atoms with van der Waals surface area (Å²) in [7, 11) is 0. The van der Waals surface area contributed by atoms with E-state index in [1.807, 2.05) is 6.07 Å². The van der Waals surface area contributed by atoms with E-state index in [0.717, 1.165) is 12.8 Å². The minimum absolute atomic E-state index is 0.165. The highest BCUT2D eigenvalue weighted by molar-refractivity contribution is 5.88. The lowest BCUT2D eigenvalue weighted by molar-refractivity contribution is 0.0696. The van der Waals surface area contributed by atoms with Crippen LogP contribution >= 0.6 is 0 Å². The average Bonchev–Trinajstić information content (AvgIpc) is 2.61. The molecule has 0 aliphatic heterocycles. The van der Waals surface area contributed by atoms with E-state index in [1.54, 1.807) is 12.1 Å². The van der Waals surface area contributed by atoms with Crippen LogP contribution in [0.1, 0.15) is 41.0 Å². The number of ether oxygens (including phenoxy) is 1. The predicted molar refractivity (Wildman–Crippen MR) is 94.6 cm³/mol.